The molecule has 2 heterocycles. The van der Waals surface area contributed by atoms with Gasteiger partial charge in [-0.2, -0.15) is 18.3 Å². The number of alkyl halides is 3. The van der Waals surface area contributed by atoms with Gasteiger partial charge in [0.1, 0.15) is 0 Å². The molecule has 0 saturated heterocycles. The van der Waals surface area contributed by atoms with Gasteiger partial charge in [-0.15, -0.1) is 0 Å². The molecule has 0 aliphatic rings. The lowest BCUT2D eigenvalue weighted by atomic mass is 10.1. The number of aryl methyl sites for hydroxylation is 1. The maximum absolute atomic E-state index is 12.4. The van der Waals surface area contributed by atoms with Crippen LogP contribution in [0.25, 0.3) is 0 Å². The maximum atomic E-state index is 12.4. The predicted octanol–water partition coefficient (Wildman–Crippen LogP) is 2.36. The van der Waals surface area contributed by atoms with Gasteiger partial charge in [-0.25, -0.2) is 0 Å². The first-order valence-electron chi connectivity index (χ1n) is 5.73. The van der Waals surface area contributed by atoms with Crippen molar-refractivity contribution in [2.75, 3.05) is 0 Å². The summed E-state index contributed by atoms with van der Waals surface area (Å²) >= 11 is 0. The molecule has 0 saturated carbocycles. The van der Waals surface area contributed by atoms with Gasteiger partial charge < -0.3 is 5.73 Å². The van der Waals surface area contributed by atoms with Crippen LogP contribution >= 0.6 is 0 Å². The number of nitrogens with two attached hydrogens (primary N) is 1. The zero-order chi connectivity index (χ0) is 14.0. The molecule has 19 heavy (non-hydrogen) atoms. The number of nitrogens with zero attached hydrogens (tertiary/aromatic N) is 3. The van der Waals surface area contributed by atoms with Gasteiger partial charge in [0.15, 0.2) is 0 Å². The van der Waals surface area contributed by atoms with Crippen molar-refractivity contribution in [1.82, 2.24) is 14.8 Å². The van der Waals surface area contributed by atoms with E-state index in [2.05, 4.69) is 10.1 Å². The minimum Gasteiger partial charge on any atom is -0.319 e. The quantitative estimate of drug-likeness (QED) is 0.931. The molecule has 0 amide bonds. The van der Waals surface area contributed by atoms with Crippen molar-refractivity contribution >= 4 is 0 Å². The van der Waals surface area contributed by atoms with Crippen LogP contribution in [0.2, 0.25) is 0 Å². The molecule has 0 aliphatic carbocycles. The second-order valence-electron chi connectivity index (χ2n) is 4.08. The highest BCUT2D eigenvalue weighted by Crippen LogP contribution is 2.29. The molecular weight excluding hydrogens is 257 g/mol. The lowest BCUT2D eigenvalue weighted by molar-refractivity contribution is -0.137. The molecule has 1 unspecified atom stereocenters. The third-order valence-corrected chi connectivity index (χ3v) is 2.77. The van der Waals surface area contributed by atoms with E-state index in [1.54, 1.807) is 17.1 Å². The molecule has 0 spiro atoms. The van der Waals surface area contributed by atoms with E-state index < -0.39 is 17.8 Å². The Kier molecular flexibility index (Phi) is 3.57. The molecule has 1 atom stereocenters. The molecule has 0 radical (unpaired) electrons. The number of pyridine rings is 1. The Morgan fingerprint density at radius 2 is 2.05 bits per heavy atom. The van der Waals surface area contributed by atoms with Gasteiger partial charge in [0.25, 0.3) is 0 Å². The summed E-state index contributed by atoms with van der Waals surface area (Å²) in [7, 11) is 0. The zero-order valence-electron chi connectivity index (χ0n) is 10.2. The van der Waals surface area contributed by atoms with Crippen LogP contribution in [0, 0.1) is 0 Å². The van der Waals surface area contributed by atoms with Crippen LogP contribution in [0.1, 0.15) is 29.8 Å². The zero-order valence-corrected chi connectivity index (χ0v) is 10.2. The van der Waals surface area contributed by atoms with E-state index in [1.807, 2.05) is 6.92 Å². The maximum Gasteiger partial charge on any atom is 0.417 e. The monoisotopic (exact) mass is 270 g/mol. The standard InChI is InChI=1S/C12H13F3N4/c1-2-19-7-8(5-18-19)11(16)10-4-3-9(6-17-10)12(13,14)15/h3-7,11H,2,16H2,1H3. The van der Waals surface area contributed by atoms with E-state index in [4.69, 9.17) is 5.73 Å². The van der Waals surface area contributed by atoms with Crippen LogP contribution in [0.3, 0.4) is 0 Å². The first-order valence-corrected chi connectivity index (χ1v) is 5.73. The summed E-state index contributed by atoms with van der Waals surface area (Å²) in [5.74, 6) is 0. The molecule has 0 bridgehead atoms. The van der Waals surface area contributed by atoms with Gasteiger partial charge in [-0.05, 0) is 19.1 Å². The fraction of sp³-hybridized carbons (Fsp3) is 0.333. The van der Waals surface area contributed by atoms with Crippen molar-refractivity contribution in [3.63, 3.8) is 0 Å². The van der Waals surface area contributed by atoms with Crippen LogP contribution in [0.4, 0.5) is 13.2 Å². The lowest BCUT2D eigenvalue weighted by Crippen LogP contribution is -2.14. The molecule has 2 rings (SSSR count). The van der Waals surface area contributed by atoms with Crippen LogP contribution in [0.15, 0.2) is 30.7 Å². The molecule has 0 aromatic carbocycles. The molecular formula is C12H13F3N4. The van der Waals surface area contributed by atoms with Gasteiger partial charge in [0.2, 0.25) is 0 Å². The number of rotatable bonds is 3. The summed E-state index contributed by atoms with van der Waals surface area (Å²) in [6.45, 7) is 2.63. The lowest BCUT2D eigenvalue weighted by Gasteiger charge is -2.11. The Morgan fingerprint density at radius 3 is 2.53 bits per heavy atom. The van der Waals surface area contributed by atoms with Crippen LogP contribution < -0.4 is 5.73 Å². The number of hydrogen-bond donors (Lipinski definition) is 1. The van der Waals surface area contributed by atoms with Crippen molar-refractivity contribution in [2.24, 2.45) is 5.73 Å². The molecule has 7 heteroatoms. The van der Waals surface area contributed by atoms with Crippen LogP contribution in [0.5, 0.6) is 0 Å². The Hall–Kier alpha value is -1.89. The molecule has 2 N–H and O–H groups in total. The van der Waals surface area contributed by atoms with Crippen molar-refractivity contribution < 1.29 is 13.2 Å². The third-order valence-electron chi connectivity index (χ3n) is 2.77. The summed E-state index contributed by atoms with van der Waals surface area (Å²) < 4.78 is 38.9. The van der Waals surface area contributed by atoms with E-state index >= 15 is 0 Å². The van der Waals surface area contributed by atoms with Crippen LogP contribution in [-0.4, -0.2) is 14.8 Å². The highest BCUT2D eigenvalue weighted by Gasteiger charge is 2.30. The highest BCUT2D eigenvalue weighted by atomic mass is 19.4. The molecule has 102 valence electrons. The van der Waals surface area contributed by atoms with Crippen molar-refractivity contribution in [3.8, 4) is 0 Å². The van der Waals surface area contributed by atoms with Gasteiger partial charge in [0, 0.05) is 24.5 Å². The average Bonchev–Trinajstić information content (AvgIpc) is 2.86. The molecule has 2 aromatic heterocycles. The SMILES string of the molecule is CCn1cc(C(N)c2ccc(C(F)(F)F)cn2)cn1. The molecule has 4 nitrogen and oxygen atoms in total. The minimum atomic E-state index is -4.39. The average molecular weight is 270 g/mol. The van der Waals surface area contributed by atoms with Crippen molar-refractivity contribution in [3.05, 3.63) is 47.5 Å². The van der Waals surface area contributed by atoms with Crippen molar-refractivity contribution in [1.29, 1.82) is 0 Å². The summed E-state index contributed by atoms with van der Waals surface area (Å²) in [5.41, 5.74) is 6.26. The molecule has 2 aromatic rings. The topological polar surface area (TPSA) is 56.7 Å². The minimum absolute atomic E-state index is 0.378. The van der Waals surface area contributed by atoms with Gasteiger partial charge in [0.05, 0.1) is 23.5 Å². The smallest absolute Gasteiger partial charge is 0.319 e. The Morgan fingerprint density at radius 1 is 1.32 bits per heavy atom. The van der Waals surface area contributed by atoms with E-state index in [9.17, 15) is 13.2 Å². The third kappa shape index (κ3) is 2.93. The fourth-order valence-electron chi connectivity index (χ4n) is 1.64. The van der Waals surface area contributed by atoms with E-state index in [0.29, 0.717) is 17.8 Å². The van der Waals surface area contributed by atoms with Gasteiger partial charge >= 0.3 is 6.18 Å². The van der Waals surface area contributed by atoms with Crippen LogP contribution in [-0.2, 0) is 12.7 Å². The second kappa shape index (κ2) is 5.00. The summed E-state index contributed by atoms with van der Waals surface area (Å²) in [6.07, 6.45) is -0.250. The normalized spacial score (nSPS) is 13.5. The number of aromatic nitrogens is 3. The largest absolute Gasteiger partial charge is 0.417 e. The Labute approximate surface area is 108 Å². The fourth-order valence-corrected chi connectivity index (χ4v) is 1.64. The van der Waals surface area contributed by atoms with E-state index in [-0.39, 0.29) is 0 Å². The van der Waals surface area contributed by atoms with E-state index in [0.717, 1.165) is 12.3 Å². The highest BCUT2D eigenvalue weighted by molar-refractivity contribution is 5.25. The first-order chi connectivity index (χ1) is 8.91. The number of halogens is 3. The van der Waals surface area contributed by atoms with Gasteiger partial charge in [-0.3, -0.25) is 9.67 Å². The van der Waals surface area contributed by atoms with Crippen molar-refractivity contribution in [2.45, 2.75) is 25.7 Å². The summed E-state index contributed by atoms with van der Waals surface area (Å²) in [4.78, 5) is 3.77. The second-order valence-corrected chi connectivity index (χ2v) is 4.08. The van der Waals surface area contributed by atoms with Gasteiger partial charge in [-0.1, -0.05) is 0 Å². The molecule has 0 aliphatic heterocycles. The number of hydrogen-bond acceptors (Lipinski definition) is 3. The molecule has 0 fully saturated rings. The predicted molar refractivity (Wildman–Crippen MR) is 63.2 cm³/mol. The Bertz CT molecular complexity index is 545. The first kappa shape index (κ1) is 13.5. The Balaban J connectivity index is 2.22. The van der Waals surface area contributed by atoms with E-state index in [1.165, 1.54) is 6.07 Å². The summed E-state index contributed by atoms with van der Waals surface area (Å²) in [5, 5.41) is 4.07. The summed E-state index contributed by atoms with van der Waals surface area (Å²) in [6, 6.07) is 1.69.